The Bertz CT molecular complexity index is 750. The van der Waals surface area contributed by atoms with Crippen LogP contribution in [0.15, 0.2) is 17.0 Å². The Morgan fingerprint density at radius 2 is 1.58 bits per heavy atom. The highest BCUT2D eigenvalue weighted by Crippen LogP contribution is 2.21. The minimum atomic E-state index is -3.70. The smallest absolute Gasteiger partial charge is 0.241 e. The summed E-state index contributed by atoms with van der Waals surface area (Å²) in [4.78, 5) is 0.246. The summed E-state index contributed by atoms with van der Waals surface area (Å²) in [6, 6.07) is 3.62. The number of hydrogen-bond donors (Lipinski definition) is 1. The summed E-state index contributed by atoms with van der Waals surface area (Å²) in [7, 11) is -5.65. The minimum absolute atomic E-state index is 0.00806. The first-order valence-electron chi connectivity index (χ1n) is 7.50. The average molecular weight is 379 g/mol. The molecule has 1 N–H and O–H groups in total. The van der Waals surface area contributed by atoms with Gasteiger partial charge >= 0.3 is 0 Å². The molecule has 0 saturated heterocycles. The van der Waals surface area contributed by atoms with Crippen LogP contribution < -0.4 is 4.72 Å². The number of benzene rings is 1. The van der Waals surface area contributed by atoms with Gasteiger partial charge in [0.05, 0.1) is 17.8 Å². The van der Waals surface area contributed by atoms with Crippen molar-refractivity contribution in [3.63, 3.8) is 0 Å². The zero-order valence-electron chi connectivity index (χ0n) is 14.8. The molecule has 0 aliphatic carbocycles. The van der Waals surface area contributed by atoms with E-state index in [-0.39, 0.29) is 31.1 Å². The van der Waals surface area contributed by atoms with Crippen molar-refractivity contribution in [3.8, 4) is 0 Å². The van der Waals surface area contributed by atoms with Gasteiger partial charge in [-0.15, -0.1) is 0 Å². The Morgan fingerprint density at radius 3 is 2.04 bits per heavy atom. The van der Waals surface area contributed by atoms with Gasteiger partial charge in [-0.2, -0.15) is 4.31 Å². The zero-order valence-corrected chi connectivity index (χ0v) is 16.4. The third-order valence-electron chi connectivity index (χ3n) is 3.54. The third-order valence-corrected chi connectivity index (χ3v) is 6.61. The first-order valence-corrected chi connectivity index (χ1v) is 10.8. The van der Waals surface area contributed by atoms with Crippen molar-refractivity contribution < 1.29 is 21.6 Å². The number of methoxy groups -OCH3 is 1. The van der Waals surface area contributed by atoms with Crippen molar-refractivity contribution in [1.29, 1.82) is 0 Å². The third kappa shape index (κ3) is 5.82. The molecule has 0 aliphatic rings. The van der Waals surface area contributed by atoms with Gasteiger partial charge in [0.2, 0.25) is 20.0 Å². The zero-order chi connectivity index (χ0) is 18.5. The number of aryl methyl sites for hydroxylation is 3. The molecule has 7 nitrogen and oxygen atoms in total. The largest absolute Gasteiger partial charge is 0.383 e. The van der Waals surface area contributed by atoms with Gasteiger partial charge < -0.3 is 4.74 Å². The topological polar surface area (TPSA) is 92.8 Å². The second-order valence-corrected chi connectivity index (χ2v) is 9.47. The van der Waals surface area contributed by atoms with Gasteiger partial charge in [0.15, 0.2) is 0 Å². The second kappa shape index (κ2) is 8.39. The lowest BCUT2D eigenvalue weighted by atomic mass is 10.1. The SMILES string of the molecule is COCCN(CCNS(=O)(=O)c1c(C)cc(C)cc1C)S(C)(=O)=O. The number of rotatable bonds is 9. The molecule has 0 aromatic heterocycles. The highest BCUT2D eigenvalue weighted by molar-refractivity contribution is 7.89. The van der Waals surface area contributed by atoms with Crippen molar-refractivity contribution in [2.24, 2.45) is 0 Å². The maximum atomic E-state index is 12.5. The van der Waals surface area contributed by atoms with Crippen molar-refractivity contribution in [2.75, 3.05) is 39.6 Å². The van der Waals surface area contributed by atoms with E-state index in [4.69, 9.17) is 4.74 Å². The molecular weight excluding hydrogens is 352 g/mol. The van der Waals surface area contributed by atoms with Crippen LogP contribution in [0.2, 0.25) is 0 Å². The van der Waals surface area contributed by atoms with Crippen LogP contribution in [0, 0.1) is 20.8 Å². The molecule has 1 aromatic carbocycles. The molecule has 0 saturated carbocycles. The van der Waals surface area contributed by atoms with E-state index in [1.807, 2.05) is 19.1 Å². The summed E-state index contributed by atoms with van der Waals surface area (Å²) < 4.78 is 57.0. The lowest BCUT2D eigenvalue weighted by Crippen LogP contribution is -2.39. The number of sulfonamides is 2. The van der Waals surface area contributed by atoms with Crippen LogP contribution in [0.1, 0.15) is 16.7 Å². The van der Waals surface area contributed by atoms with Crippen LogP contribution in [0.3, 0.4) is 0 Å². The molecule has 1 rings (SSSR count). The quantitative estimate of drug-likeness (QED) is 0.686. The van der Waals surface area contributed by atoms with Crippen LogP contribution >= 0.6 is 0 Å². The van der Waals surface area contributed by atoms with Gasteiger partial charge in [0.25, 0.3) is 0 Å². The Kier molecular flexibility index (Phi) is 7.36. The lowest BCUT2D eigenvalue weighted by molar-refractivity contribution is 0.179. The summed E-state index contributed by atoms with van der Waals surface area (Å²) in [5, 5.41) is 0. The molecule has 138 valence electrons. The molecule has 0 atom stereocenters. The van der Waals surface area contributed by atoms with E-state index in [0.29, 0.717) is 11.1 Å². The first-order chi connectivity index (χ1) is 11.0. The van der Waals surface area contributed by atoms with E-state index < -0.39 is 20.0 Å². The highest BCUT2D eigenvalue weighted by Gasteiger charge is 2.21. The van der Waals surface area contributed by atoms with Crippen molar-refractivity contribution in [3.05, 3.63) is 28.8 Å². The van der Waals surface area contributed by atoms with Crippen LogP contribution in [0.25, 0.3) is 0 Å². The van der Waals surface area contributed by atoms with Gasteiger partial charge in [-0.1, -0.05) is 17.7 Å². The van der Waals surface area contributed by atoms with Crippen molar-refractivity contribution in [1.82, 2.24) is 9.03 Å². The Morgan fingerprint density at radius 1 is 1.04 bits per heavy atom. The Balaban J connectivity index is 2.86. The number of nitrogens with zero attached hydrogens (tertiary/aromatic N) is 1. The van der Waals surface area contributed by atoms with Crippen LogP contribution in [0.4, 0.5) is 0 Å². The normalized spacial score (nSPS) is 12.8. The molecule has 0 fully saturated rings. The summed E-state index contributed by atoms with van der Waals surface area (Å²) in [5.41, 5.74) is 2.32. The molecule has 0 radical (unpaired) electrons. The fraction of sp³-hybridized carbons (Fsp3) is 0.600. The van der Waals surface area contributed by atoms with Crippen LogP contribution in [-0.4, -0.2) is 60.7 Å². The van der Waals surface area contributed by atoms with Crippen molar-refractivity contribution >= 4 is 20.0 Å². The van der Waals surface area contributed by atoms with E-state index in [2.05, 4.69) is 4.72 Å². The molecule has 0 aliphatic heterocycles. The minimum Gasteiger partial charge on any atom is -0.383 e. The van der Waals surface area contributed by atoms with E-state index in [0.717, 1.165) is 11.8 Å². The van der Waals surface area contributed by atoms with E-state index >= 15 is 0 Å². The van der Waals surface area contributed by atoms with Crippen molar-refractivity contribution in [2.45, 2.75) is 25.7 Å². The molecule has 0 bridgehead atoms. The maximum absolute atomic E-state index is 12.5. The first kappa shape index (κ1) is 21.0. The van der Waals surface area contributed by atoms with E-state index in [9.17, 15) is 16.8 Å². The lowest BCUT2D eigenvalue weighted by Gasteiger charge is -2.20. The Labute approximate surface area is 145 Å². The number of ether oxygens (including phenoxy) is 1. The maximum Gasteiger partial charge on any atom is 0.241 e. The number of nitrogens with one attached hydrogen (secondary N) is 1. The van der Waals surface area contributed by atoms with Gasteiger partial charge in [0, 0.05) is 26.7 Å². The van der Waals surface area contributed by atoms with Gasteiger partial charge in [-0.05, 0) is 31.9 Å². The van der Waals surface area contributed by atoms with Crippen LogP contribution in [0.5, 0.6) is 0 Å². The fourth-order valence-electron chi connectivity index (χ4n) is 2.60. The predicted molar refractivity (Wildman–Crippen MR) is 94.1 cm³/mol. The summed E-state index contributed by atoms with van der Waals surface area (Å²) in [6.45, 7) is 5.86. The second-order valence-electron chi connectivity index (χ2n) is 5.78. The van der Waals surface area contributed by atoms with Gasteiger partial charge in [-0.3, -0.25) is 0 Å². The standard InChI is InChI=1S/C15H26N2O5S2/c1-12-10-13(2)15(14(3)11-12)24(20,21)16-6-7-17(8-9-22-4)23(5,18)19/h10-11,16H,6-9H2,1-5H3. The monoisotopic (exact) mass is 378 g/mol. The van der Waals surface area contributed by atoms with E-state index in [1.165, 1.54) is 11.4 Å². The Hall–Kier alpha value is -1.00. The average Bonchev–Trinajstić information content (AvgIpc) is 2.39. The molecule has 24 heavy (non-hydrogen) atoms. The molecule has 1 aromatic rings. The molecule has 0 unspecified atom stereocenters. The summed E-state index contributed by atoms with van der Waals surface area (Å²) in [5.74, 6) is 0. The molecule has 9 heteroatoms. The highest BCUT2D eigenvalue weighted by atomic mass is 32.2. The molecule has 0 heterocycles. The van der Waals surface area contributed by atoms with Crippen LogP contribution in [-0.2, 0) is 24.8 Å². The molecular formula is C15H26N2O5S2. The predicted octanol–water partition coefficient (Wildman–Crippen LogP) is 0.798. The fourth-order valence-corrected chi connectivity index (χ4v) is 4.90. The number of hydrogen-bond acceptors (Lipinski definition) is 5. The summed E-state index contributed by atoms with van der Waals surface area (Å²) >= 11 is 0. The summed E-state index contributed by atoms with van der Waals surface area (Å²) in [6.07, 6.45) is 1.09. The van der Waals surface area contributed by atoms with E-state index in [1.54, 1.807) is 13.8 Å². The van der Waals surface area contributed by atoms with Gasteiger partial charge in [0.1, 0.15) is 0 Å². The molecule has 0 amide bonds. The molecule has 0 spiro atoms. The van der Waals surface area contributed by atoms with Gasteiger partial charge in [-0.25, -0.2) is 21.6 Å².